The fraction of sp³-hybridized carbons (Fsp3) is 0.391. The minimum Gasteiger partial charge on any atom is -0.493 e. The molecule has 0 atom stereocenters. The number of hydrogen-bond acceptors (Lipinski definition) is 3. The first kappa shape index (κ1) is 21.4. The Morgan fingerprint density at radius 3 is 2.19 bits per heavy atom. The zero-order chi connectivity index (χ0) is 19.8. The van der Waals surface area contributed by atoms with Gasteiger partial charge in [-0.1, -0.05) is 40.2 Å². The molecule has 0 aliphatic carbocycles. The van der Waals surface area contributed by atoms with Crippen molar-refractivity contribution < 1.29 is 14.2 Å². The number of aryl methyl sites for hydroxylation is 1. The van der Waals surface area contributed by atoms with Gasteiger partial charge in [-0.15, -0.1) is 0 Å². The summed E-state index contributed by atoms with van der Waals surface area (Å²) in [4.78, 5) is 0. The van der Waals surface area contributed by atoms with E-state index in [-0.39, 0.29) is 12.2 Å². The maximum atomic E-state index is 5.85. The van der Waals surface area contributed by atoms with Gasteiger partial charge >= 0.3 is 0 Å². The Bertz CT molecular complexity index is 749. The van der Waals surface area contributed by atoms with E-state index in [4.69, 9.17) is 14.2 Å². The van der Waals surface area contributed by atoms with Gasteiger partial charge in [0, 0.05) is 4.47 Å². The molecule has 0 saturated heterocycles. The third-order valence-electron chi connectivity index (χ3n) is 3.84. The Labute approximate surface area is 171 Å². The summed E-state index contributed by atoms with van der Waals surface area (Å²) in [6.07, 6.45) is 6.55. The molecule has 2 aromatic rings. The predicted molar refractivity (Wildman–Crippen MR) is 116 cm³/mol. The summed E-state index contributed by atoms with van der Waals surface area (Å²) in [5.74, 6) is 2.41. The van der Waals surface area contributed by atoms with Crippen LogP contribution in [0.2, 0.25) is 0 Å². The van der Waals surface area contributed by atoms with Gasteiger partial charge in [-0.05, 0) is 75.9 Å². The summed E-state index contributed by atoms with van der Waals surface area (Å²) < 4.78 is 17.9. The molecule has 27 heavy (non-hydrogen) atoms. The quantitative estimate of drug-likeness (QED) is 0.442. The summed E-state index contributed by atoms with van der Waals surface area (Å²) in [7, 11) is 1.65. The number of methoxy groups -OCH3 is 1. The average Bonchev–Trinajstić information content (AvgIpc) is 2.61. The van der Waals surface area contributed by atoms with E-state index in [9.17, 15) is 0 Å². The molecule has 0 radical (unpaired) electrons. The van der Waals surface area contributed by atoms with E-state index in [2.05, 4.69) is 40.2 Å². The largest absolute Gasteiger partial charge is 0.493 e. The molecular formula is C23H29BrO3. The van der Waals surface area contributed by atoms with E-state index in [1.165, 1.54) is 5.56 Å². The van der Waals surface area contributed by atoms with Crippen LogP contribution in [0.1, 0.15) is 45.2 Å². The van der Waals surface area contributed by atoms with Crippen molar-refractivity contribution in [3.8, 4) is 17.2 Å². The van der Waals surface area contributed by atoms with Gasteiger partial charge in [0.15, 0.2) is 11.5 Å². The van der Waals surface area contributed by atoms with E-state index in [0.29, 0.717) is 0 Å². The Morgan fingerprint density at radius 2 is 1.59 bits per heavy atom. The van der Waals surface area contributed by atoms with Gasteiger partial charge in [-0.3, -0.25) is 0 Å². The number of ether oxygens (including phenoxy) is 3. The molecule has 3 nitrogen and oxygen atoms in total. The Morgan fingerprint density at radius 1 is 0.926 bits per heavy atom. The molecule has 0 bridgehead atoms. The molecule has 4 heteroatoms. The fourth-order valence-electron chi connectivity index (χ4n) is 2.65. The minimum absolute atomic E-state index is 0.0968. The lowest BCUT2D eigenvalue weighted by Gasteiger charge is -2.15. The van der Waals surface area contributed by atoms with Crippen molar-refractivity contribution >= 4 is 22.0 Å². The monoisotopic (exact) mass is 432 g/mol. The van der Waals surface area contributed by atoms with Crippen LogP contribution in [0.4, 0.5) is 0 Å². The molecule has 0 heterocycles. The van der Waals surface area contributed by atoms with Gasteiger partial charge in [0.05, 0.1) is 19.3 Å². The summed E-state index contributed by atoms with van der Waals surface area (Å²) in [6.45, 7) is 8.09. The zero-order valence-electron chi connectivity index (χ0n) is 16.8. The Balaban J connectivity index is 1.99. The first-order chi connectivity index (χ1) is 12.9. The van der Waals surface area contributed by atoms with E-state index in [1.807, 2.05) is 52.0 Å². The highest BCUT2D eigenvalue weighted by molar-refractivity contribution is 9.10. The van der Waals surface area contributed by atoms with Crippen LogP contribution in [-0.2, 0) is 6.42 Å². The SMILES string of the molecule is COc1cc(Br)c(/C=C/CCc2ccc(OC(C)C)cc2)cc1OC(C)C. The van der Waals surface area contributed by atoms with E-state index in [1.54, 1.807) is 7.11 Å². The first-order valence-electron chi connectivity index (χ1n) is 9.35. The second-order valence-corrected chi connectivity index (χ2v) is 7.80. The van der Waals surface area contributed by atoms with Crippen molar-refractivity contribution in [1.29, 1.82) is 0 Å². The summed E-state index contributed by atoms with van der Waals surface area (Å²) in [6, 6.07) is 12.3. The van der Waals surface area contributed by atoms with Crippen molar-refractivity contribution in [2.45, 2.75) is 52.7 Å². The summed E-state index contributed by atoms with van der Waals surface area (Å²) in [5, 5.41) is 0. The molecule has 2 aromatic carbocycles. The molecule has 0 fully saturated rings. The molecule has 0 unspecified atom stereocenters. The van der Waals surface area contributed by atoms with Crippen molar-refractivity contribution in [2.24, 2.45) is 0 Å². The molecule has 0 aliphatic heterocycles. The number of halogens is 1. The van der Waals surface area contributed by atoms with Crippen molar-refractivity contribution in [1.82, 2.24) is 0 Å². The predicted octanol–water partition coefficient (Wildman–Crippen LogP) is 6.68. The zero-order valence-corrected chi connectivity index (χ0v) is 18.4. The number of benzene rings is 2. The molecular weight excluding hydrogens is 404 g/mol. The molecule has 0 aliphatic rings. The van der Waals surface area contributed by atoms with Crippen LogP contribution in [0, 0.1) is 0 Å². The highest BCUT2D eigenvalue weighted by Gasteiger charge is 2.10. The van der Waals surface area contributed by atoms with E-state index >= 15 is 0 Å². The molecule has 0 spiro atoms. The second-order valence-electron chi connectivity index (χ2n) is 6.94. The lowest BCUT2D eigenvalue weighted by molar-refractivity contribution is 0.230. The van der Waals surface area contributed by atoms with Gasteiger partial charge in [0.25, 0.3) is 0 Å². The normalized spacial score (nSPS) is 11.4. The molecule has 0 N–H and O–H groups in total. The van der Waals surface area contributed by atoms with Crippen molar-refractivity contribution in [2.75, 3.05) is 7.11 Å². The fourth-order valence-corrected chi connectivity index (χ4v) is 3.11. The average molecular weight is 433 g/mol. The van der Waals surface area contributed by atoms with Crippen LogP contribution >= 0.6 is 15.9 Å². The van der Waals surface area contributed by atoms with Gasteiger partial charge in [0.2, 0.25) is 0 Å². The highest BCUT2D eigenvalue weighted by Crippen LogP contribution is 2.34. The van der Waals surface area contributed by atoms with Crippen LogP contribution < -0.4 is 14.2 Å². The van der Waals surface area contributed by atoms with Crippen LogP contribution in [0.15, 0.2) is 46.9 Å². The molecule has 2 rings (SSSR count). The van der Waals surface area contributed by atoms with Gasteiger partial charge < -0.3 is 14.2 Å². The molecule has 0 saturated carbocycles. The second kappa shape index (κ2) is 10.4. The van der Waals surface area contributed by atoms with E-state index in [0.717, 1.165) is 40.1 Å². The van der Waals surface area contributed by atoms with Crippen LogP contribution in [-0.4, -0.2) is 19.3 Å². The maximum Gasteiger partial charge on any atom is 0.162 e. The third-order valence-corrected chi connectivity index (χ3v) is 4.52. The maximum absolute atomic E-state index is 5.85. The van der Waals surface area contributed by atoms with E-state index < -0.39 is 0 Å². The minimum atomic E-state index is 0.0968. The standard InChI is InChI=1S/C23H29BrO3/c1-16(2)26-20-12-10-18(11-13-20)8-6-7-9-19-14-23(27-17(3)4)22(25-5)15-21(19)24/h7,9-17H,6,8H2,1-5H3/b9-7+. The highest BCUT2D eigenvalue weighted by atomic mass is 79.9. The number of hydrogen-bond donors (Lipinski definition) is 0. The smallest absolute Gasteiger partial charge is 0.162 e. The summed E-state index contributed by atoms with van der Waals surface area (Å²) in [5.41, 5.74) is 2.38. The topological polar surface area (TPSA) is 27.7 Å². The third kappa shape index (κ3) is 6.94. The number of rotatable bonds is 9. The van der Waals surface area contributed by atoms with Gasteiger partial charge in [-0.25, -0.2) is 0 Å². The van der Waals surface area contributed by atoms with Crippen molar-refractivity contribution in [3.63, 3.8) is 0 Å². The molecule has 146 valence electrons. The van der Waals surface area contributed by atoms with Crippen LogP contribution in [0.5, 0.6) is 17.2 Å². The lowest BCUT2D eigenvalue weighted by Crippen LogP contribution is -2.07. The molecule has 0 amide bonds. The van der Waals surface area contributed by atoms with Crippen LogP contribution in [0.3, 0.4) is 0 Å². The Hall–Kier alpha value is -1.94. The van der Waals surface area contributed by atoms with Crippen LogP contribution in [0.25, 0.3) is 6.08 Å². The number of allylic oxidation sites excluding steroid dienone is 1. The van der Waals surface area contributed by atoms with Gasteiger partial charge in [0.1, 0.15) is 5.75 Å². The van der Waals surface area contributed by atoms with Crippen molar-refractivity contribution in [3.05, 3.63) is 58.1 Å². The summed E-state index contributed by atoms with van der Waals surface area (Å²) >= 11 is 3.61. The first-order valence-corrected chi connectivity index (χ1v) is 10.1. The Kier molecular flexibility index (Phi) is 8.23. The molecule has 0 aromatic heterocycles. The lowest BCUT2D eigenvalue weighted by atomic mass is 10.1. The van der Waals surface area contributed by atoms with Gasteiger partial charge in [-0.2, -0.15) is 0 Å².